The Morgan fingerprint density at radius 3 is 2.67 bits per heavy atom. The van der Waals surface area contributed by atoms with Gasteiger partial charge in [-0.15, -0.1) is 0 Å². The highest BCUT2D eigenvalue weighted by Gasteiger charge is 2.07. The Morgan fingerprint density at radius 1 is 1.28 bits per heavy atom. The predicted molar refractivity (Wildman–Crippen MR) is 61.0 cm³/mol. The minimum absolute atomic E-state index is 0.358. The van der Waals surface area contributed by atoms with Crippen LogP contribution in [0.4, 0.5) is 0 Å². The molecule has 0 aliphatic rings. The average molecular weight is 247 g/mol. The molecule has 7 nitrogen and oxygen atoms in total. The van der Waals surface area contributed by atoms with E-state index in [-0.39, 0.29) is 6.73 Å². The van der Waals surface area contributed by atoms with Gasteiger partial charge in [0.25, 0.3) is 5.56 Å². The third-order valence-electron chi connectivity index (χ3n) is 2.11. The van der Waals surface area contributed by atoms with Crippen LogP contribution in [-0.4, -0.2) is 20.7 Å². The van der Waals surface area contributed by atoms with E-state index in [1.54, 1.807) is 30.3 Å². The zero-order valence-corrected chi connectivity index (χ0v) is 9.20. The molecular formula is C11H9N3O4. The number of aromatic amines is 1. The first kappa shape index (κ1) is 11.8. The SMILES string of the molecule is O=C(OCn1ncc(=O)[nH]c1=O)c1ccccc1. The number of H-pyrrole nitrogens is 1. The van der Waals surface area contributed by atoms with E-state index in [0.29, 0.717) is 5.56 Å². The lowest BCUT2D eigenvalue weighted by Gasteiger charge is -2.05. The van der Waals surface area contributed by atoms with E-state index >= 15 is 0 Å². The third-order valence-corrected chi connectivity index (χ3v) is 2.11. The first-order chi connectivity index (χ1) is 8.66. The van der Waals surface area contributed by atoms with E-state index in [1.807, 2.05) is 4.98 Å². The molecular weight excluding hydrogens is 238 g/mol. The molecule has 0 amide bonds. The number of carbonyl (C=O) groups excluding carboxylic acids is 1. The van der Waals surface area contributed by atoms with Gasteiger partial charge in [0.2, 0.25) is 0 Å². The minimum Gasteiger partial charge on any atom is -0.439 e. The summed E-state index contributed by atoms with van der Waals surface area (Å²) in [5.41, 5.74) is -0.969. The van der Waals surface area contributed by atoms with Crippen LogP contribution in [0.25, 0.3) is 0 Å². The number of carbonyl (C=O) groups is 1. The standard InChI is InChI=1S/C11H9N3O4/c15-9-6-12-14(11(17)13-9)7-18-10(16)8-4-2-1-3-5-8/h1-6H,7H2,(H,13,15,17). The molecule has 0 aliphatic heterocycles. The third kappa shape index (κ3) is 2.70. The Kier molecular flexibility index (Phi) is 3.33. The fraction of sp³-hybridized carbons (Fsp3) is 0.0909. The molecule has 0 aliphatic carbocycles. The highest BCUT2D eigenvalue weighted by molar-refractivity contribution is 5.89. The van der Waals surface area contributed by atoms with Crippen molar-refractivity contribution in [2.75, 3.05) is 0 Å². The van der Waals surface area contributed by atoms with Crippen LogP contribution >= 0.6 is 0 Å². The quantitative estimate of drug-likeness (QED) is 0.754. The Balaban J connectivity index is 2.06. The van der Waals surface area contributed by atoms with Crippen LogP contribution < -0.4 is 11.2 Å². The smallest absolute Gasteiger partial charge is 0.347 e. The first-order valence-electron chi connectivity index (χ1n) is 5.05. The Hall–Kier alpha value is -2.70. The van der Waals surface area contributed by atoms with Crippen molar-refractivity contribution >= 4 is 5.97 Å². The van der Waals surface area contributed by atoms with Gasteiger partial charge in [0.05, 0.1) is 5.56 Å². The van der Waals surface area contributed by atoms with Gasteiger partial charge in [-0.3, -0.25) is 9.78 Å². The van der Waals surface area contributed by atoms with Crippen molar-refractivity contribution < 1.29 is 9.53 Å². The van der Waals surface area contributed by atoms with Crippen LogP contribution in [-0.2, 0) is 11.5 Å². The van der Waals surface area contributed by atoms with Gasteiger partial charge >= 0.3 is 11.7 Å². The lowest BCUT2D eigenvalue weighted by atomic mass is 10.2. The van der Waals surface area contributed by atoms with Crippen molar-refractivity contribution in [1.29, 1.82) is 0 Å². The van der Waals surface area contributed by atoms with Crippen LogP contribution in [0.2, 0.25) is 0 Å². The Labute approximate surface area is 101 Å². The van der Waals surface area contributed by atoms with E-state index in [4.69, 9.17) is 4.74 Å². The number of nitrogens with zero attached hydrogens (tertiary/aromatic N) is 2. The fourth-order valence-corrected chi connectivity index (χ4v) is 1.25. The second-order valence-corrected chi connectivity index (χ2v) is 3.37. The first-order valence-corrected chi connectivity index (χ1v) is 5.05. The van der Waals surface area contributed by atoms with Crippen molar-refractivity contribution in [1.82, 2.24) is 14.8 Å². The van der Waals surface area contributed by atoms with Gasteiger partial charge in [0.1, 0.15) is 6.20 Å². The molecule has 1 aromatic carbocycles. The second-order valence-electron chi connectivity index (χ2n) is 3.37. The molecule has 0 fully saturated rings. The highest BCUT2D eigenvalue weighted by Crippen LogP contribution is 2.00. The Morgan fingerprint density at radius 2 is 2.00 bits per heavy atom. The maximum absolute atomic E-state index is 11.6. The summed E-state index contributed by atoms with van der Waals surface area (Å²) < 4.78 is 5.71. The van der Waals surface area contributed by atoms with Crippen LogP contribution in [0.15, 0.2) is 46.1 Å². The van der Waals surface area contributed by atoms with Crippen molar-refractivity contribution in [3.8, 4) is 0 Å². The average Bonchev–Trinajstić information content (AvgIpc) is 2.38. The van der Waals surface area contributed by atoms with E-state index in [9.17, 15) is 14.4 Å². The maximum atomic E-state index is 11.6. The molecule has 18 heavy (non-hydrogen) atoms. The minimum atomic E-state index is -0.733. The van der Waals surface area contributed by atoms with Gasteiger partial charge in [-0.2, -0.15) is 9.78 Å². The molecule has 0 unspecified atom stereocenters. The largest absolute Gasteiger partial charge is 0.439 e. The zero-order valence-electron chi connectivity index (χ0n) is 9.20. The molecule has 0 saturated carbocycles. The summed E-state index contributed by atoms with van der Waals surface area (Å²) in [6.45, 7) is -0.358. The Bertz CT molecular complexity index is 660. The lowest BCUT2D eigenvalue weighted by molar-refractivity contribution is 0.0336. The number of nitrogens with one attached hydrogen (secondary N) is 1. The highest BCUT2D eigenvalue weighted by atomic mass is 16.5. The topological polar surface area (TPSA) is 94.1 Å². The number of esters is 1. The van der Waals surface area contributed by atoms with E-state index in [0.717, 1.165) is 10.9 Å². The summed E-state index contributed by atoms with van der Waals surface area (Å²) in [7, 11) is 0. The second kappa shape index (κ2) is 5.09. The number of ether oxygens (including phenoxy) is 1. The summed E-state index contributed by atoms with van der Waals surface area (Å²) in [4.78, 5) is 35.6. The molecule has 1 aromatic heterocycles. The number of hydrogen-bond donors (Lipinski definition) is 1. The van der Waals surface area contributed by atoms with Crippen molar-refractivity contribution in [3.05, 3.63) is 62.9 Å². The lowest BCUT2D eigenvalue weighted by Crippen LogP contribution is -2.32. The molecule has 1 heterocycles. The van der Waals surface area contributed by atoms with E-state index < -0.39 is 17.2 Å². The van der Waals surface area contributed by atoms with E-state index in [1.165, 1.54) is 0 Å². The predicted octanol–water partition coefficient (Wildman–Crippen LogP) is -0.254. The molecule has 0 radical (unpaired) electrons. The van der Waals surface area contributed by atoms with Crippen molar-refractivity contribution in [3.63, 3.8) is 0 Å². The van der Waals surface area contributed by atoms with Crippen LogP contribution in [0.3, 0.4) is 0 Å². The summed E-state index contributed by atoms with van der Waals surface area (Å²) in [6.07, 6.45) is 0.928. The number of aromatic nitrogens is 3. The normalized spacial score (nSPS) is 10.0. The maximum Gasteiger partial charge on any atom is 0.347 e. The molecule has 2 rings (SSSR count). The van der Waals surface area contributed by atoms with Crippen LogP contribution in [0.5, 0.6) is 0 Å². The summed E-state index contributed by atoms with van der Waals surface area (Å²) in [5, 5.41) is 3.53. The van der Waals surface area contributed by atoms with Gasteiger partial charge in [-0.1, -0.05) is 18.2 Å². The van der Waals surface area contributed by atoms with Crippen LogP contribution in [0, 0.1) is 0 Å². The van der Waals surface area contributed by atoms with Crippen molar-refractivity contribution in [2.45, 2.75) is 6.73 Å². The molecule has 0 spiro atoms. The molecule has 7 heteroatoms. The number of benzene rings is 1. The van der Waals surface area contributed by atoms with Gasteiger partial charge in [0.15, 0.2) is 6.73 Å². The van der Waals surface area contributed by atoms with Gasteiger partial charge in [-0.25, -0.2) is 9.59 Å². The molecule has 0 bridgehead atoms. The van der Waals surface area contributed by atoms with Gasteiger partial charge in [0, 0.05) is 0 Å². The molecule has 92 valence electrons. The fourth-order valence-electron chi connectivity index (χ4n) is 1.25. The van der Waals surface area contributed by atoms with Crippen molar-refractivity contribution in [2.24, 2.45) is 0 Å². The van der Waals surface area contributed by atoms with Gasteiger partial charge in [-0.05, 0) is 12.1 Å². The number of rotatable bonds is 3. The summed E-state index contributed by atoms with van der Waals surface area (Å²) in [5.74, 6) is -0.574. The van der Waals surface area contributed by atoms with Gasteiger partial charge < -0.3 is 4.74 Å². The zero-order chi connectivity index (χ0) is 13.0. The molecule has 2 aromatic rings. The summed E-state index contributed by atoms with van der Waals surface area (Å²) in [6, 6.07) is 8.34. The molecule has 0 saturated heterocycles. The number of hydrogen-bond acceptors (Lipinski definition) is 5. The summed E-state index contributed by atoms with van der Waals surface area (Å²) >= 11 is 0. The molecule has 1 N–H and O–H groups in total. The monoisotopic (exact) mass is 247 g/mol. The van der Waals surface area contributed by atoms with Crippen LogP contribution in [0.1, 0.15) is 10.4 Å². The van der Waals surface area contributed by atoms with E-state index in [2.05, 4.69) is 5.10 Å². The molecule has 0 atom stereocenters.